The van der Waals surface area contributed by atoms with Crippen LogP contribution in [-0.2, 0) is 26.6 Å². The van der Waals surface area contributed by atoms with E-state index in [0.29, 0.717) is 37.4 Å². The number of halogens is 1. The Kier molecular flexibility index (Phi) is 7.39. The number of aromatic nitrogens is 3. The van der Waals surface area contributed by atoms with Gasteiger partial charge in [0.1, 0.15) is 12.9 Å². The molecule has 4 rings (SSSR count). The molecule has 0 saturated carbocycles. The Balaban J connectivity index is 0.00000272. The Morgan fingerprint density at radius 3 is 2.71 bits per heavy atom. The fourth-order valence-corrected chi connectivity index (χ4v) is 3.53. The number of para-hydroxylation sites is 1. The van der Waals surface area contributed by atoms with Crippen LogP contribution in [0.25, 0.3) is 10.9 Å². The quantitative estimate of drug-likeness (QED) is 0.417. The number of nitrogens with zero attached hydrogens (tertiary/aromatic N) is 3. The minimum atomic E-state index is 0. The lowest BCUT2D eigenvalue weighted by Gasteiger charge is -2.08. The van der Waals surface area contributed by atoms with Crippen molar-refractivity contribution in [2.24, 2.45) is 12.8 Å². The lowest BCUT2D eigenvalue weighted by Crippen LogP contribution is -2.06. The molecule has 6 nitrogen and oxygen atoms in total. The van der Waals surface area contributed by atoms with Gasteiger partial charge in [0.05, 0.1) is 5.69 Å². The van der Waals surface area contributed by atoms with Crippen LogP contribution in [0.15, 0.2) is 67.0 Å². The van der Waals surface area contributed by atoms with Crippen LogP contribution in [0.2, 0.25) is 0 Å². The van der Waals surface area contributed by atoms with Crippen molar-refractivity contribution >= 4 is 29.1 Å². The molecule has 2 N–H and O–H groups in total. The molecule has 31 heavy (non-hydrogen) atoms. The number of hydrogen-bond donors (Lipinski definition) is 1. The number of aryl methyl sites for hydroxylation is 2. The van der Waals surface area contributed by atoms with Gasteiger partial charge >= 0.3 is 0 Å². The first kappa shape index (κ1) is 22.5. The molecule has 0 unspecified atom stereocenters. The van der Waals surface area contributed by atoms with E-state index in [4.69, 9.17) is 10.5 Å². The van der Waals surface area contributed by atoms with Crippen molar-refractivity contribution < 1.29 is 9.53 Å². The Labute approximate surface area is 187 Å². The van der Waals surface area contributed by atoms with E-state index >= 15 is 0 Å². The summed E-state index contributed by atoms with van der Waals surface area (Å²) in [4.78, 5) is 20.9. The number of Topliss-reactive ketones (excluding diaryl/α,β-unsaturated/α-hetero) is 1. The van der Waals surface area contributed by atoms with E-state index < -0.39 is 0 Å². The maximum absolute atomic E-state index is 12.8. The Hall–Kier alpha value is -3.22. The second-order valence-electron chi connectivity index (χ2n) is 7.22. The molecule has 2 heterocycles. The van der Waals surface area contributed by atoms with E-state index in [9.17, 15) is 4.79 Å². The lowest BCUT2D eigenvalue weighted by atomic mass is 10.0. The molecule has 0 aliphatic carbocycles. The number of nitrogens with two attached hydrogens (primary N) is 1. The van der Waals surface area contributed by atoms with Gasteiger partial charge in [0, 0.05) is 42.9 Å². The van der Waals surface area contributed by atoms with Crippen molar-refractivity contribution in [1.82, 2.24) is 14.5 Å². The van der Waals surface area contributed by atoms with Crippen LogP contribution >= 0.6 is 12.4 Å². The number of carbonyl (C=O) groups is 1. The van der Waals surface area contributed by atoms with Crippen molar-refractivity contribution in [3.05, 3.63) is 89.5 Å². The molecule has 0 aliphatic rings. The Morgan fingerprint density at radius 1 is 1.06 bits per heavy atom. The summed E-state index contributed by atoms with van der Waals surface area (Å²) in [6.07, 6.45) is 2.60. The fraction of sp³-hybridized carbons (Fsp3) is 0.208. The number of fused-ring (bicyclic) bond motifs is 1. The zero-order valence-electron chi connectivity index (χ0n) is 17.3. The smallest absolute Gasteiger partial charge is 0.216 e. The van der Waals surface area contributed by atoms with Gasteiger partial charge in [-0.15, -0.1) is 12.4 Å². The van der Waals surface area contributed by atoms with Gasteiger partial charge in [-0.2, -0.15) is 0 Å². The average Bonchev–Trinajstić information content (AvgIpc) is 3.12. The van der Waals surface area contributed by atoms with Crippen LogP contribution in [0, 0.1) is 0 Å². The highest BCUT2D eigenvalue weighted by Gasteiger charge is 2.11. The Bertz CT molecular complexity index is 1190. The summed E-state index contributed by atoms with van der Waals surface area (Å²) >= 11 is 0. The van der Waals surface area contributed by atoms with Crippen molar-refractivity contribution in [2.45, 2.75) is 26.0 Å². The first-order valence-corrected chi connectivity index (χ1v) is 9.93. The molecule has 4 aromatic rings. The summed E-state index contributed by atoms with van der Waals surface area (Å²) in [6.45, 7) is 0.658. The highest BCUT2D eigenvalue weighted by molar-refractivity contribution is 5.96. The summed E-state index contributed by atoms with van der Waals surface area (Å²) in [5, 5.41) is 1.20. The largest absolute Gasteiger partial charge is 0.473 e. The lowest BCUT2D eigenvalue weighted by molar-refractivity contribution is 0.0982. The average molecular weight is 437 g/mol. The van der Waals surface area contributed by atoms with Crippen LogP contribution in [0.1, 0.15) is 33.7 Å². The maximum atomic E-state index is 12.8. The topological polar surface area (TPSA) is 83.0 Å². The van der Waals surface area contributed by atoms with Gasteiger partial charge < -0.3 is 15.0 Å². The van der Waals surface area contributed by atoms with Crippen molar-refractivity contribution in [1.29, 1.82) is 0 Å². The highest BCUT2D eigenvalue weighted by atomic mass is 35.5. The molecule has 0 spiro atoms. The van der Waals surface area contributed by atoms with Gasteiger partial charge in [-0.25, -0.2) is 9.97 Å². The molecular formula is C24H25ClN4O2. The molecular weight excluding hydrogens is 412 g/mol. The third-order valence-corrected chi connectivity index (χ3v) is 5.20. The molecule has 0 saturated heterocycles. The molecule has 0 radical (unpaired) electrons. The van der Waals surface area contributed by atoms with Crippen LogP contribution < -0.4 is 10.5 Å². The monoisotopic (exact) mass is 436 g/mol. The number of rotatable bonds is 8. The molecule has 2 aromatic carbocycles. The molecule has 7 heteroatoms. The van der Waals surface area contributed by atoms with Crippen LogP contribution in [0.5, 0.6) is 5.88 Å². The zero-order valence-corrected chi connectivity index (χ0v) is 18.1. The second kappa shape index (κ2) is 10.2. The van der Waals surface area contributed by atoms with E-state index in [2.05, 4.69) is 32.7 Å². The number of benzene rings is 2. The summed E-state index contributed by atoms with van der Waals surface area (Å²) in [5.41, 5.74) is 10.3. The number of carbonyl (C=O) groups excluding carboxylic acids is 1. The first-order chi connectivity index (χ1) is 14.6. The van der Waals surface area contributed by atoms with Crippen LogP contribution in [0.4, 0.5) is 0 Å². The van der Waals surface area contributed by atoms with Crippen molar-refractivity contribution in [2.75, 3.05) is 0 Å². The third kappa shape index (κ3) is 5.29. The molecule has 0 fully saturated rings. The summed E-state index contributed by atoms with van der Waals surface area (Å²) in [6, 6.07) is 19.7. The van der Waals surface area contributed by atoms with Gasteiger partial charge in [-0.3, -0.25) is 4.79 Å². The van der Waals surface area contributed by atoms with Gasteiger partial charge in [0.2, 0.25) is 5.88 Å². The first-order valence-electron chi connectivity index (χ1n) is 9.93. The van der Waals surface area contributed by atoms with Crippen LogP contribution in [0.3, 0.4) is 0 Å². The maximum Gasteiger partial charge on any atom is 0.216 e. The molecule has 0 bridgehead atoms. The fourth-order valence-electron chi connectivity index (χ4n) is 3.53. The van der Waals surface area contributed by atoms with E-state index in [-0.39, 0.29) is 18.2 Å². The molecule has 0 aliphatic heterocycles. The summed E-state index contributed by atoms with van der Waals surface area (Å²) in [5.74, 6) is 0.590. The number of ether oxygens (including phenoxy) is 1. The zero-order chi connectivity index (χ0) is 20.9. The standard InChI is InChI=1S/C24H24N4O2.ClH/c1-28-21(12-18-6-2-3-8-22(18)28)9-10-23(29)19-7-4-5-17(11-19)15-30-24-13-20(14-25)26-16-27-24;/h2-8,11-13,16H,9-10,14-15,25H2,1H3;1H. The molecule has 2 aromatic heterocycles. The summed E-state index contributed by atoms with van der Waals surface area (Å²) < 4.78 is 7.88. The van der Waals surface area contributed by atoms with Gasteiger partial charge in [0.15, 0.2) is 5.78 Å². The predicted molar refractivity (Wildman–Crippen MR) is 124 cm³/mol. The molecule has 0 atom stereocenters. The van der Waals surface area contributed by atoms with E-state index in [0.717, 1.165) is 17.0 Å². The normalized spacial score (nSPS) is 10.6. The third-order valence-electron chi connectivity index (χ3n) is 5.20. The summed E-state index contributed by atoms with van der Waals surface area (Å²) in [7, 11) is 2.04. The van der Waals surface area contributed by atoms with Gasteiger partial charge in [-0.05, 0) is 35.6 Å². The van der Waals surface area contributed by atoms with E-state index in [1.54, 1.807) is 6.07 Å². The minimum absolute atomic E-state index is 0. The van der Waals surface area contributed by atoms with Gasteiger partial charge in [0.25, 0.3) is 0 Å². The number of hydrogen-bond acceptors (Lipinski definition) is 5. The molecule has 160 valence electrons. The highest BCUT2D eigenvalue weighted by Crippen LogP contribution is 2.20. The Morgan fingerprint density at radius 2 is 1.90 bits per heavy atom. The minimum Gasteiger partial charge on any atom is -0.473 e. The predicted octanol–water partition coefficient (Wildman–Crippen LogP) is 4.24. The van der Waals surface area contributed by atoms with Crippen LogP contribution in [-0.4, -0.2) is 20.3 Å². The van der Waals surface area contributed by atoms with E-state index in [1.165, 1.54) is 17.2 Å². The van der Waals surface area contributed by atoms with Crippen molar-refractivity contribution in [3.63, 3.8) is 0 Å². The van der Waals surface area contributed by atoms with Crippen molar-refractivity contribution in [3.8, 4) is 5.88 Å². The van der Waals surface area contributed by atoms with Gasteiger partial charge in [-0.1, -0.05) is 36.4 Å². The SMILES string of the molecule is Cl.Cn1c(CCC(=O)c2cccc(COc3cc(CN)ncn3)c2)cc2ccccc21. The molecule has 0 amide bonds. The van der Waals surface area contributed by atoms with E-state index in [1.807, 2.05) is 43.4 Å². The second-order valence-corrected chi connectivity index (χ2v) is 7.22. The number of ketones is 1.